The molecule has 0 unspecified atom stereocenters. The molecule has 21 heavy (non-hydrogen) atoms. The molecule has 1 rings (SSSR count). The minimum atomic E-state index is -0.455. The van der Waals surface area contributed by atoms with Crippen LogP contribution in [0.5, 0.6) is 5.75 Å². The van der Waals surface area contributed by atoms with E-state index in [4.69, 9.17) is 4.74 Å². The summed E-state index contributed by atoms with van der Waals surface area (Å²) in [5.41, 5.74) is 0.575. The summed E-state index contributed by atoms with van der Waals surface area (Å²) in [6.07, 6.45) is 4.43. The molecule has 116 valence electrons. The molecule has 1 heterocycles. The van der Waals surface area contributed by atoms with Crippen LogP contribution in [0.4, 0.5) is 10.5 Å². The molecule has 1 amide bonds. The van der Waals surface area contributed by atoms with E-state index in [-0.39, 0.29) is 0 Å². The molecule has 0 radical (unpaired) electrons. The molecule has 6 nitrogen and oxygen atoms in total. The van der Waals surface area contributed by atoms with Crippen molar-refractivity contribution >= 4 is 18.1 Å². The van der Waals surface area contributed by atoms with Gasteiger partial charge >= 0.3 is 6.09 Å². The van der Waals surface area contributed by atoms with Crippen LogP contribution in [-0.4, -0.2) is 53.4 Å². The predicted molar refractivity (Wildman–Crippen MR) is 84.2 cm³/mol. The fourth-order valence-corrected chi connectivity index (χ4v) is 1.74. The van der Waals surface area contributed by atoms with Gasteiger partial charge < -0.3 is 14.5 Å². The Morgan fingerprint density at radius 1 is 1.29 bits per heavy atom. The first-order valence-electron chi connectivity index (χ1n) is 6.97. The second kappa shape index (κ2) is 7.61. The van der Waals surface area contributed by atoms with Gasteiger partial charge in [0.05, 0.1) is 12.5 Å². The third-order valence-electron chi connectivity index (χ3n) is 2.85. The highest BCUT2D eigenvalue weighted by molar-refractivity contribution is 5.73. The minimum absolute atomic E-state index is 0.336. The van der Waals surface area contributed by atoms with Gasteiger partial charge in [-0.1, -0.05) is 0 Å². The van der Waals surface area contributed by atoms with Gasteiger partial charge in [0, 0.05) is 32.4 Å². The van der Waals surface area contributed by atoms with Crippen molar-refractivity contribution in [3.05, 3.63) is 18.5 Å². The number of carbonyl (C=O) groups is 1. The number of ether oxygens (including phenoxy) is 1. The van der Waals surface area contributed by atoms with Crippen molar-refractivity contribution in [1.82, 2.24) is 14.8 Å². The zero-order valence-corrected chi connectivity index (χ0v) is 13.6. The number of aromatic nitrogens is 1. The summed E-state index contributed by atoms with van der Waals surface area (Å²) in [5, 5.41) is 0. The largest absolute Gasteiger partial charge is 0.414 e. The van der Waals surface area contributed by atoms with E-state index in [1.54, 1.807) is 32.7 Å². The summed E-state index contributed by atoms with van der Waals surface area (Å²) < 4.78 is 5.25. The van der Waals surface area contributed by atoms with Crippen molar-refractivity contribution in [2.75, 3.05) is 14.1 Å². The van der Waals surface area contributed by atoms with Crippen molar-refractivity contribution in [3.8, 4) is 5.75 Å². The van der Waals surface area contributed by atoms with Crippen molar-refractivity contribution < 1.29 is 9.53 Å². The second-order valence-corrected chi connectivity index (χ2v) is 5.49. The molecule has 0 N–H and O–H groups in total. The second-order valence-electron chi connectivity index (χ2n) is 5.49. The standard InChI is InChI=1S/C15H24N4O2/c1-11(2)19(12(3)4)10-17-13-7-8-16-9-14(13)21-15(20)18(5)6/h7-12H,1-6H3. The van der Waals surface area contributed by atoms with E-state index >= 15 is 0 Å². The van der Waals surface area contributed by atoms with Crippen LogP contribution in [-0.2, 0) is 0 Å². The molecule has 0 aliphatic heterocycles. The summed E-state index contributed by atoms with van der Waals surface area (Å²) >= 11 is 0. The highest BCUT2D eigenvalue weighted by Gasteiger charge is 2.12. The Bertz CT molecular complexity index is 490. The van der Waals surface area contributed by atoms with Gasteiger partial charge in [0.1, 0.15) is 5.69 Å². The van der Waals surface area contributed by atoms with Crippen LogP contribution in [0.2, 0.25) is 0 Å². The lowest BCUT2D eigenvalue weighted by Gasteiger charge is -2.28. The SMILES string of the molecule is CC(C)N(C=Nc1ccncc1OC(=O)N(C)C)C(C)C. The molecule has 0 fully saturated rings. The summed E-state index contributed by atoms with van der Waals surface area (Å²) in [7, 11) is 3.25. The Morgan fingerprint density at radius 3 is 2.43 bits per heavy atom. The number of hydrogen-bond donors (Lipinski definition) is 0. The van der Waals surface area contributed by atoms with Crippen LogP contribution in [0.25, 0.3) is 0 Å². The van der Waals surface area contributed by atoms with Gasteiger partial charge in [0.15, 0.2) is 5.75 Å². The number of hydrogen-bond acceptors (Lipinski definition) is 4. The van der Waals surface area contributed by atoms with Gasteiger partial charge in [-0.15, -0.1) is 0 Å². The fourth-order valence-electron chi connectivity index (χ4n) is 1.74. The van der Waals surface area contributed by atoms with Crippen LogP contribution in [0.1, 0.15) is 27.7 Å². The zero-order chi connectivity index (χ0) is 16.0. The first-order valence-corrected chi connectivity index (χ1v) is 6.97. The Kier molecular flexibility index (Phi) is 6.14. The monoisotopic (exact) mass is 292 g/mol. The maximum Gasteiger partial charge on any atom is 0.414 e. The third kappa shape index (κ3) is 5.06. The fraction of sp³-hybridized carbons (Fsp3) is 0.533. The lowest BCUT2D eigenvalue weighted by Crippen LogP contribution is -2.35. The molecule has 1 aromatic rings. The van der Waals surface area contributed by atoms with E-state index in [0.717, 1.165) is 0 Å². The average Bonchev–Trinajstić information content (AvgIpc) is 2.39. The summed E-state index contributed by atoms with van der Waals surface area (Å²) in [6, 6.07) is 2.39. The van der Waals surface area contributed by atoms with Crippen LogP contribution in [0, 0.1) is 0 Å². The third-order valence-corrected chi connectivity index (χ3v) is 2.85. The van der Waals surface area contributed by atoms with Crippen LogP contribution >= 0.6 is 0 Å². The summed E-state index contributed by atoms with van der Waals surface area (Å²) in [4.78, 5) is 23.5. The van der Waals surface area contributed by atoms with Crippen LogP contribution in [0.3, 0.4) is 0 Å². The van der Waals surface area contributed by atoms with Crippen LogP contribution in [0.15, 0.2) is 23.5 Å². The first kappa shape index (κ1) is 16.9. The van der Waals surface area contributed by atoms with Gasteiger partial charge in [-0.25, -0.2) is 9.79 Å². The molecule has 0 bridgehead atoms. The molecule has 0 spiro atoms. The lowest BCUT2D eigenvalue weighted by atomic mass is 10.2. The average molecular weight is 292 g/mol. The first-order chi connectivity index (χ1) is 9.82. The number of pyridine rings is 1. The van der Waals surface area contributed by atoms with Gasteiger partial charge in [-0.3, -0.25) is 4.98 Å². The molecule has 0 saturated carbocycles. The van der Waals surface area contributed by atoms with Crippen molar-refractivity contribution in [2.45, 2.75) is 39.8 Å². The minimum Gasteiger partial charge on any atom is -0.406 e. The molecule has 0 aliphatic rings. The molecule has 6 heteroatoms. The normalized spacial score (nSPS) is 11.2. The molecular weight excluding hydrogens is 268 g/mol. The molecule has 0 saturated heterocycles. The Morgan fingerprint density at radius 2 is 1.90 bits per heavy atom. The van der Waals surface area contributed by atoms with Crippen molar-refractivity contribution in [1.29, 1.82) is 0 Å². The van der Waals surface area contributed by atoms with E-state index in [9.17, 15) is 4.79 Å². The van der Waals surface area contributed by atoms with Gasteiger partial charge in [-0.05, 0) is 33.8 Å². The Labute approximate surface area is 126 Å². The van der Waals surface area contributed by atoms with E-state index in [2.05, 4.69) is 42.6 Å². The highest BCUT2D eigenvalue weighted by atomic mass is 16.6. The maximum atomic E-state index is 11.6. The Hall–Kier alpha value is -2.11. The van der Waals surface area contributed by atoms with E-state index in [1.165, 1.54) is 11.1 Å². The summed E-state index contributed by atoms with van der Waals surface area (Å²) in [6.45, 7) is 8.41. The topological polar surface area (TPSA) is 58.0 Å². The molecular formula is C15H24N4O2. The zero-order valence-electron chi connectivity index (χ0n) is 13.6. The summed E-state index contributed by atoms with van der Waals surface area (Å²) in [5.74, 6) is 0.347. The Balaban J connectivity index is 2.95. The number of nitrogens with zero attached hydrogens (tertiary/aromatic N) is 4. The van der Waals surface area contributed by atoms with E-state index < -0.39 is 6.09 Å². The van der Waals surface area contributed by atoms with Crippen LogP contribution < -0.4 is 4.74 Å². The lowest BCUT2D eigenvalue weighted by molar-refractivity contribution is 0.172. The number of amides is 1. The van der Waals surface area contributed by atoms with Gasteiger partial charge in [0.2, 0.25) is 0 Å². The quantitative estimate of drug-likeness (QED) is 0.618. The number of aliphatic imine (C=N–C) groups is 1. The molecule has 0 aliphatic carbocycles. The predicted octanol–water partition coefficient (Wildman–Crippen LogP) is 2.92. The van der Waals surface area contributed by atoms with Gasteiger partial charge in [-0.2, -0.15) is 0 Å². The highest BCUT2D eigenvalue weighted by Crippen LogP contribution is 2.26. The van der Waals surface area contributed by atoms with Crippen molar-refractivity contribution in [2.24, 2.45) is 4.99 Å². The molecule has 0 aromatic carbocycles. The molecule has 0 atom stereocenters. The smallest absolute Gasteiger partial charge is 0.406 e. The number of rotatable bonds is 5. The number of carbonyl (C=O) groups excluding carboxylic acids is 1. The van der Waals surface area contributed by atoms with Crippen molar-refractivity contribution in [3.63, 3.8) is 0 Å². The molecule has 1 aromatic heterocycles. The van der Waals surface area contributed by atoms with E-state index in [1.807, 2.05) is 0 Å². The van der Waals surface area contributed by atoms with Gasteiger partial charge in [0.25, 0.3) is 0 Å². The van der Waals surface area contributed by atoms with E-state index in [0.29, 0.717) is 23.5 Å². The maximum absolute atomic E-state index is 11.6.